The summed E-state index contributed by atoms with van der Waals surface area (Å²) in [5.74, 6) is 0. The lowest BCUT2D eigenvalue weighted by atomic mass is 10.1. The zero-order chi connectivity index (χ0) is 12.3. The first-order valence-electron chi connectivity index (χ1n) is 7.00. The molecule has 0 amide bonds. The molecule has 0 aliphatic rings. The summed E-state index contributed by atoms with van der Waals surface area (Å²) in [6.07, 6.45) is 11.4. The summed E-state index contributed by atoms with van der Waals surface area (Å²) in [6.45, 7) is 4.86. The van der Waals surface area contributed by atoms with Gasteiger partial charge in [-0.1, -0.05) is 61.4 Å². The molecule has 17 heavy (non-hydrogen) atoms. The van der Waals surface area contributed by atoms with E-state index in [0.717, 1.165) is 5.33 Å². The Balaban J connectivity index is 0. The summed E-state index contributed by atoms with van der Waals surface area (Å²) in [5, 5.41) is 1.12. The molecule has 0 bridgehead atoms. The van der Waals surface area contributed by atoms with E-state index in [4.69, 9.17) is 0 Å². The Morgan fingerprint density at radius 1 is 0.765 bits per heavy atom. The second-order valence-corrected chi connectivity index (χ2v) is 6.34. The molecule has 0 unspecified atom stereocenters. The Bertz CT molecular complexity index is 149. The number of halogens is 2. The summed E-state index contributed by atoms with van der Waals surface area (Å²) >= 11 is 3.53. The van der Waals surface area contributed by atoms with Crippen molar-refractivity contribution >= 4 is 15.9 Å². The van der Waals surface area contributed by atoms with Crippen LogP contribution in [0.25, 0.3) is 0 Å². The second-order valence-electron chi connectivity index (χ2n) is 5.55. The van der Waals surface area contributed by atoms with Crippen molar-refractivity contribution < 1.29 is 21.5 Å². The van der Waals surface area contributed by atoms with Gasteiger partial charge in [-0.15, -0.1) is 0 Å². The maximum atomic E-state index is 3.53. The van der Waals surface area contributed by atoms with Gasteiger partial charge in [0.15, 0.2) is 0 Å². The molecule has 0 aliphatic heterocycles. The third kappa shape index (κ3) is 14.9. The third-order valence-corrected chi connectivity index (χ3v) is 3.66. The molecule has 0 aromatic heterocycles. The average molecular weight is 373 g/mol. The van der Waals surface area contributed by atoms with Crippen molar-refractivity contribution in [3.05, 3.63) is 0 Å². The van der Waals surface area contributed by atoms with Crippen LogP contribution < -0.4 is 17.0 Å². The molecule has 0 N–H and O–H groups in total. The van der Waals surface area contributed by atoms with Crippen LogP contribution in [0.5, 0.6) is 0 Å². The smallest absolute Gasteiger partial charge is 0.0880 e. The van der Waals surface area contributed by atoms with Crippen molar-refractivity contribution in [2.75, 3.05) is 32.5 Å². The van der Waals surface area contributed by atoms with E-state index >= 15 is 0 Å². The van der Waals surface area contributed by atoms with Crippen LogP contribution in [0.4, 0.5) is 0 Å². The minimum atomic E-state index is 0. The highest BCUT2D eigenvalue weighted by Gasteiger charge is 2.12. The fourth-order valence-electron chi connectivity index (χ4n) is 2.01. The van der Waals surface area contributed by atoms with Crippen LogP contribution in [-0.4, -0.2) is 37.0 Å². The van der Waals surface area contributed by atoms with Gasteiger partial charge in [-0.2, -0.15) is 0 Å². The molecule has 0 aromatic carbocycles. The average Bonchev–Trinajstić information content (AvgIpc) is 2.22. The van der Waals surface area contributed by atoms with Gasteiger partial charge in [0.2, 0.25) is 0 Å². The topological polar surface area (TPSA) is 0 Å². The summed E-state index contributed by atoms with van der Waals surface area (Å²) in [5.41, 5.74) is 0. The van der Waals surface area contributed by atoms with Gasteiger partial charge in [-0.05, 0) is 12.8 Å². The summed E-state index contributed by atoms with van der Waals surface area (Å²) in [7, 11) is 4.67. The monoisotopic (exact) mass is 371 g/mol. The fraction of sp³-hybridized carbons (Fsp3) is 1.00. The predicted molar refractivity (Wildman–Crippen MR) is 78.2 cm³/mol. The molecule has 1 nitrogen and oxygen atoms in total. The van der Waals surface area contributed by atoms with E-state index in [9.17, 15) is 0 Å². The van der Waals surface area contributed by atoms with Crippen LogP contribution in [0, 0.1) is 0 Å². The van der Waals surface area contributed by atoms with Gasteiger partial charge >= 0.3 is 0 Å². The molecule has 0 fully saturated rings. The lowest BCUT2D eigenvalue weighted by Crippen LogP contribution is -3.00. The zero-order valence-corrected chi connectivity index (χ0v) is 15.2. The molecule has 0 atom stereocenters. The minimum absolute atomic E-state index is 0. The van der Waals surface area contributed by atoms with E-state index in [1.165, 1.54) is 68.9 Å². The van der Waals surface area contributed by atoms with Crippen LogP contribution in [0.15, 0.2) is 0 Å². The third-order valence-electron chi connectivity index (χ3n) is 3.31. The molecule has 0 rings (SSSR count). The van der Waals surface area contributed by atoms with E-state index < -0.39 is 0 Å². The van der Waals surface area contributed by atoms with Crippen LogP contribution >= 0.6 is 15.9 Å². The first-order chi connectivity index (χ1) is 7.62. The van der Waals surface area contributed by atoms with Gasteiger partial charge in [0.1, 0.15) is 0 Å². The van der Waals surface area contributed by atoms with Crippen LogP contribution in [0.1, 0.15) is 58.3 Å². The molecule has 106 valence electrons. The Morgan fingerprint density at radius 3 is 1.71 bits per heavy atom. The van der Waals surface area contributed by atoms with E-state index in [1.807, 2.05) is 0 Å². The van der Waals surface area contributed by atoms with E-state index in [1.54, 1.807) is 0 Å². The highest BCUT2D eigenvalue weighted by Crippen LogP contribution is 2.10. The maximum absolute atomic E-state index is 3.53. The van der Waals surface area contributed by atoms with E-state index in [0.29, 0.717) is 0 Å². The lowest BCUT2D eigenvalue weighted by Gasteiger charge is -2.29. The zero-order valence-electron chi connectivity index (χ0n) is 12.0. The largest absolute Gasteiger partial charge is 1.00 e. The SMILES string of the molecule is CCCCCCCCCC[N+](C)(C)CCBr.[Br-]. The minimum Gasteiger partial charge on any atom is -1.00 e. The van der Waals surface area contributed by atoms with Crippen molar-refractivity contribution in [1.29, 1.82) is 0 Å². The number of rotatable bonds is 11. The molecular weight excluding hydrogens is 342 g/mol. The van der Waals surface area contributed by atoms with E-state index in [-0.39, 0.29) is 17.0 Å². The van der Waals surface area contributed by atoms with Crippen LogP contribution in [0.2, 0.25) is 0 Å². The lowest BCUT2D eigenvalue weighted by molar-refractivity contribution is -0.887. The Labute approximate surface area is 128 Å². The van der Waals surface area contributed by atoms with Crippen LogP contribution in [0.3, 0.4) is 0 Å². The normalized spacial score (nSPS) is 11.3. The van der Waals surface area contributed by atoms with Crippen molar-refractivity contribution in [2.24, 2.45) is 0 Å². The Kier molecular flexibility index (Phi) is 15.9. The van der Waals surface area contributed by atoms with Crippen molar-refractivity contribution in [3.8, 4) is 0 Å². The number of nitrogens with zero attached hydrogens (tertiary/aromatic N) is 1. The van der Waals surface area contributed by atoms with E-state index in [2.05, 4.69) is 36.9 Å². The molecule has 0 spiro atoms. The first-order valence-corrected chi connectivity index (χ1v) is 8.12. The van der Waals surface area contributed by atoms with Gasteiger partial charge in [0, 0.05) is 0 Å². The van der Waals surface area contributed by atoms with Crippen molar-refractivity contribution in [3.63, 3.8) is 0 Å². The summed E-state index contributed by atoms with van der Waals surface area (Å²) in [4.78, 5) is 0. The van der Waals surface area contributed by atoms with Crippen LogP contribution in [-0.2, 0) is 0 Å². The number of unbranched alkanes of at least 4 members (excludes halogenated alkanes) is 7. The number of hydrogen-bond donors (Lipinski definition) is 0. The van der Waals surface area contributed by atoms with Crippen molar-refractivity contribution in [2.45, 2.75) is 58.3 Å². The maximum Gasteiger partial charge on any atom is 0.0880 e. The number of alkyl halides is 1. The molecule has 0 aliphatic carbocycles. The quantitative estimate of drug-likeness (QED) is 0.293. The standard InChI is InChI=1S/C14H31BrN.BrH/c1-4-5-6-7-8-9-10-11-13-16(2,3)14-12-15;/h4-14H2,1-3H3;1H/q+1;/p-1. The van der Waals surface area contributed by atoms with Gasteiger partial charge in [-0.3, -0.25) is 0 Å². The molecule has 0 aromatic rings. The fourth-order valence-corrected chi connectivity index (χ4v) is 2.97. The second kappa shape index (κ2) is 13.4. The molecule has 3 heteroatoms. The summed E-state index contributed by atoms with van der Waals surface area (Å²) in [6, 6.07) is 0. The summed E-state index contributed by atoms with van der Waals surface area (Å²) < 4.78 is 1.17. The Hall–Kier alpha value is 0.920. The molecule has 0 saturated heterocycles. The Morgan fingerprint density at radius 2 is 1.24 bits per heavy atom. The molecule has 0 heterocycles. The van der Waals surface area contributed by atoms with Gasteiger partial charge < -0.3 is 21.5 Å². The molecule has 0 radical (unpaired) electrons. The molecule has 0 saturated carbocycles. The molecular formula is C14H31Br2N. The van der Waals surface area contributed by atoms with Gasteiger partial charge in [0.25, 0.3) is 0 Å². The number of hydrogen-bond acceptors (Lipinski definition) is 0. The predicted octanol–water partition coefficient (Wildman–Crippen LogP) is 1.60. The highest BCUT2D eigenvalue weighted by molar-refractivity contribution is 9.09. The number of quaternary nitrogens is 1. The van der Waals surface area contributed by atoms with Gasteiger partial charge in [0.05, 0.1) is 32.5 Å². The van der Waals surface area contributed by atoms with Gasteiger partial charge in [-0.25, -0.2) is 0 Å². The highest BCUT2D eigenvalue weighted by atomic mass is 79.9. The van der Waals surface area contributed by atoms with Crippen molar-refractivity contribution in [1.82, 2.24) is 0 Å². The first kappa shape index (κ1) is 20.2.